The van der Waals surface area contributed by atoms with Gasteiger partial charge in [0, 0.05) is 28.5 Å². The maximum atomic E-state index is 11.1. The second-order valence-corrected chi connectivity index (χ2v) is 8.22. The van der Waals surface area contributed by atoms with Gasteiger partial charge in [0.05, 0.1) is 11.1 Å². The lowest BCUT2D eigenvalue weighted by Gasteiger charge is -2.44. The van der Waals surface area contributed by atoms with Gasteiger partial charge >= 0.3 is 0 Å². The molecule has 1 N–H and O–H groups in total. The highest BCUT2D eigenvalue weighted by Gasteiger charge is 2.41. The van der Waals surface area contributed by atoms with Crippen molar-refractivity contribution in [3.8, 4) is 0 Å². The van der Waals surface area contributed by atoms with Gasteiger partial charge in [-0.05, 0) is 37.3 Å². The Balaban J connectivity index is 1.65. The number of para-hydroxylation sites is 1. The zero-order valence-electron chi connectivity index (χ0n) is 12.2. The third-order valence-electron chi connectivity index (χ3n) is 4.89. The molecule has 2 bridgehead atoms. The van der Waals surface area contributed by atoms with E-state index in [-0.39, 0.29) is 0 Å². The van der Waals surface area contributed by atoms with Gasteiger partial charge in [-0.25, -0.2) is 0 Å². The number of aromatic nitrogens is 1. The van der Waals surface area contributed by atoms with Gasteiger partial charge in [0.2, 0.25) is 0 Å². The first-order valence-corrected chi connectivity index (χ1v) is 8.87. The first-order chi connectivity index (χ1) is 10.2. The Morgan fingerprint density at radius 2 is 1.90 bits per heavy atom. The summed E-state index contributed by atoms with van der Waals surface area (Å²) in [4.78, 5) is 4.53. The molecule has 2 fully saturated rings. The van der Waals surface area contributed by atoms with Crippen LogP contribution >= 0.6 is 11.8 Å². The van der Waals surface area contributed by atoms with Crippen molar-refractivity contribution in [2.75, 3.05) is 0 Å². The van der Waals surface area contributed by atoms with Crippen LogP contribution in [0.1, 0.15) is 37.7 Å². The minimum absolute atomic E-state index is 0.535. The number of fused-ring (bicyclic) bond motifs is 3. The van der Waals surface area contributed by atoms with Crippen molar-refractivity contribution in [2.24, 2.45) is 0 Å². The van der Waals surface area contributed by atoms with Crippen molar-refractivity contribution in [1.82, 2.24) is 4.98 Å². The molecular formula is C18H21NOS. The van der Waals surface area contributed by atoms with Crippen LogP contribution in [0.2, 0.25) is 0 Å². The van der Waals surface area contributed by atoms with Crippen LogP contribution in [0.25, 0.3) is 10.9 Å². The van der Waals surface area contributed by atoms with E-state index in [4.69, 9.17) is 0 Å². The summed E-state index contributed by atoms with van der Waals surface area (Å²) >= 11 is 2.11. The van der Waals surface area contributed by atoms with Gasteiger partial charge in [0.25, 0.3) is 0 Å². The lowest BCUT2D eigenvalue weighted by atomic mass is 9.81. The lowest BCUT2D eigenvalue weighted by molar-refractivity contribution is 0.0132. The van der Waals surface area contributed by atoms with Gasteiger partial charge in [-0.3, -0.25) is 4.98 Å². The van der Waals surface area contributed by atoms with E-state index in [1.165, 1.54) is 30.2 Å². The fourth-order valence-corrected chi connectivity index (χ4v) is 5.98. The van der Waals surface area contributed by atoms with E-state index < -0.39 is 5.60 Å². The normalized spacial score (nSPS) is 32.2. The fraction of sp³-hybridized carbons (Fsp3) is 0.500. The Bertz CT molecular complexity index is 639. The molecule has 3 heterocycles. The molecule has 110 valence electrons. The highest BCUT2D eigenvalue weighted by Crippen LogP contribution is 2.46. The average Bonchev–Trinajstić information content (AvgIpc) is 2.47. The van der Waals surface area contributed by atoms with E-state index in [0.29, 0.717) is 10.5 Å². The number of pyridine rings is 1. The first kappa shape index (κ1) is 13.6. The van der Waals surface area contributed by atoms with Crippen molar-refractivity contribution < 1.29 is 5.11 Å². The van der Waals surface area contributed by atoms with Crippen molar-refractivity contribution in [2.45, 2.75) is 54.6 Å². The molecule has 2 aliphatic heterocycles. The van der Waals surface area contributed by atoms with Gasteiger partial charge in [0.1, 0.15) is 0 Å². The largest absolute Gasteiger partial charge is 0.389 e. The maximum Gasteiger partial charge on any atom is 0.0734 e. The number of nitrogens with zero attached hydrogens (tertiary/aromatic N) is 1. The molecule has 2 atom stereocenters. The molecule has 2 saturated heterocycles. The molecule has 0 saturated carbocycles. The molecule has 0 aliphatic carbocycles. The zero-order valence-corrected chi connectivity index (χ0v) is 13.0. The second-order valence-electron chi connectivity index (χ2n) is 6.61. The third kappa shape index (κ3) is 2.69. The molecule has 1 aromatic heterocycles. The molecular weight excluding hydrogens is 278 g/mol. The molecule has 0 radical (unpaired) electrons. The van der Waals surface area contributed by atoms with E-state index in [2.05, 4.69) is 41.0 Å². The van der Waals surface area contributed by atoms with Gasteiger partial charge in [-0.1, -0.05) is 30.7 Å². The summed E-state index contributed by atoms with van der Waals surface area (Å²) in [5.41, 5.74) is 1.71. The molecule has 2 aliphatic rings. The van der Waals surface area contributed by atoms with Crippen LogP contribution in [0.15, 0.2) is 36.5 Å². The van der Waals surface area contributed by atoms with E-state index in [9.17, 15) is 5.11 Å². The second kappa shape index (κ2) is 5.29. The van der Waals surface area contributed by atoms with Crippen molar-refractivity contribution in [1.29, 1.82) is 0 Å². The van der Waals surface area contributed by atoms with Gasteiger partial charge < -0.3 is 5.11 Å². The fourth-order valence-electron chi connectivity index (χ4n) is 4.02. The van der Waals surface area contributed by atoms with Crippen LogP contribution in [0.4, 0.5) is 0 Å². The van der Waals surface area contributed by atoms with E-state index in [1.807, 2.05) is 12.3 Å². The molecule has 21 heavy (non-hydrogen) atoms. The number of hydrogen-bond donors (Lipinski definition) is 1. The lowest BCUT2D eigenvalue weighted by Crippen LogP contribution is -2.44. The number of thioether (sulfide) groups is 1. The number of rotatable bonds is 2. The van der Waals surface area contributed by atoms with Crippen LogP contribution < -0.4 is 0 Å². The minimum Gasteiger partial charge on any atom is -0.389 e. The first-order valence-electron chi connectivity index (χ1n) is 7.92. The van der Waals surface area contributed by atoms with E-state index in [0.717, 1.165) is 24.8 Å². The Hall–Kier alpha value is -1.06. The standard InChI is InChI=1S/C18H21NOS/c20-18(11-15-7-2-8-16(12-18)21-15)10-14-5-1-4-13-6-3-9-19-17(13)14/h1,3-6,9,15-16,20H,2,7-8,10-12H2. The smallest absolute Gasteiger partial charge is 0.0734 e. The predicted octanol–water partition coefficient (Wildman–Crippen LogP) is 3.96. The van der Waals surface area contributed by atoms with Crippen molar-refractivity contribution in [3.63, 3.8) is 0 Å². The molecule has 0 amide bonds. The number of hydrogen-bond acceptors (Lipinski definition) is 3. The summed E-state index contributed by atoms with van der Waals surface area (Å²) in [5, 5.41) is 13.6. The molecule has 2 unspecified atom stereocenters. The summed E-state index contributed by atoms with van der Waals surface area (Å²) in [5.74, 6) is 0. The van der Waals surface area contributed by atoms with Crippen molar-refractivity contribution >= 4 is 22.7 Å². The molecule has 0 spiro atoms. The quantitative estimate of drug-likeness (QED) is 0.911. The van der Waals surface area contributed by atoms with Crippen LogP contribution in [-0.2, 0) is 6.42 Å². The summed E-state index contributed by atoms with van der Waals surface area (Å²) < 4.78 is 0. The third-order valence-corrected chi connectivity index (χ3v) is 6.46. The maximum absolute atomic E-state index is 11.1. The van der Waals surface area contributed by atoms with Crippen LogP contribution in [0.3, 0.4) is 0 Å². The van der Waals surface area contributed by atoms with Crippen LogP contribution in [0.5, 0.6) is 0 Å². The van der Waals surface area contributed by atoms with Crippen molar-refractivity contribution in [3.05, 3.63) is 42.1 Å². The summed E-state index contributed by atoms with van der Waals surface area (Å²) in [6.45, 7) is 0. The molecule has 4 rings (SSSR count). The van der Waals surface area contributed by atoms with E-state index in [1.54, 1.807) is 0 Å². The van der Waals surface area contributed by atoms with Gasteiger partial charge in [0.15, 0.2) is 0 Å². The van der Waals surface area contributed by atoms with E-state index >= 15 is 0 Å². The number of benzene rings is 1. The topological polar surface area (TPSA) is 33.1 Å². The summed E-state index contributed by atoms with van der Waals surface area (Å²) in [6, 6.07) is 10.4. The zero-order chi connectivity index (χ0) is 14.3. The SMILES string of the molecule is OC1(Cc2cccc3cccnc23)CC2CCCC(C1)S2. The predicted molar refractivity (Wildman–Crippen MR) is 88.6 cm³/mol. The monoisotopic (exact) mass is 299 g/mol. The Morgan fingerprint density at radius 3 is 2.71 bits per heavy atom. The Kier molecular flexibility index (Phi) is 3.43. The molecule has 2 aromatic rings. The average molecular weight is 299 g/mol. The van der Waals surface area contributed by atoms with Crippen LogP contribution in [-0.4, -0.2) is 26.2 Å². The molecule has 1 aromatic carbocycles. The Morgan fingerprint density at radius 1 is 1.14 bits per heavy atom. The highest BCUT2D eigenvalue weighted by molar-refractivity contribution is 8.00. The molecule has 2 nitrogen and oxygen atoms in total. The minimum atomic E-state index is -0.535. The summed E-state index contributed by atoms with van der Waals surface area (Å²) in [7, 11) is 0. The van der Waals surface area contributed by atoms with Crippen LogP contribution in [0, 0.1) is 0 Å². The highest BCUT2D eigenvalue weighted by atomic mass is 32.2. The molecule has 3 heteroatoms. The van der Waals surface area contributed by atoms with Gasteiger partial charge in [-0.2, -0.15) is 11.8 Å². The number of aliphatic hydroxyl groups is 1. The Labute approximate surface area is 130 Å². The van der Waals surface area contributed by atoms with Gasteiger partial charge in [-0.15, -0.1) is 0 Å². The summed E-state index contributed by atoms with van der Waals surface area (Å²) in [6.07, 6.45) is 8.37.